The topological polar surface area (TPSA) is 66.7 Å². The van der Waals surface area contributed by atoms with Gasteiger partial charge in [-0.15, -0.1) is 0 Å². The standard InChI is InChI=1S/C18H14F2N4O/c19-14-4-2-1-3-13(14)17(6-7-17)16(25)23-18(8-10-22-24-18)12-5-9-21-15(20)11-12/h1-5,8-11H,6-7H2,(H,23,25). The number of azo groups is 1. The van der Waals surface area contributed by atoms with Crippen molar-refractivity contribution in [1.29, 1.82) is 0 Å². The van der Waals surface area contributed by atoms with E-state index in [1.54, 1.807) is 30.3 Å². The Morgan fingerprint density at radius 3 is 2.60 bits per heavy atom. The third-order valence-electron chi connectivity index (χ3n) is 4.64. The van der Waals surface area contributed by atoms with Gasteiger partial charge in [0.1, 0.15) is 5.82 Å². The summed E-state index contributed by atoms with van der Waals surface area (Å²) in [4.78, 5) is 16.5. The van der Waals surface area contributed by atoms with Crippen molar-refractivity contribution < 1.29 is 13.6 Å². The van der Waals surface area contributed by atoms with Gasteiger partial charge in [-0.2, -0.15) is 14.6 Å². The fraction of sp³-hybridized carbons (Fsp3) is 0.222. The first-order valence-electron chi connectivity index (χ1n) is 7.85. The Hall–Kier alpha value is -2.96. The van der Waals surface area contributed by atoms with Crippen LogP contribution in [0.4, 0.5) is 8.78 Å². The van der Waals surface area contributed by atoms with Gasteiger partial charge in [0.15, 0.2) is 5.66 Å². The summed E-state index contributed by atoms with van der Waals surface area (Å²) in [5, 5.41) is 10.7. The van der Waals surface area contributed by atoms with E-state index >= 15 is 0 Å². The molecule has 1 aliphatic carbocycles. The average Bonchev–Trinajstić information content (AvgIpc) is 3.28. The largest absolute Gasteiger partial charge is 0.322 e. The van der Waals surface area contributed by atoms with Crippen molar-refractivity contribution in [2.24, 2.45) is 10.2 Å². The Morgan fingerprint density at radius 2 is 1.96 bits per heavy atom. The number of aromatic nitrogens is 1. The number of halogens is 2. The van der Waals surface area contributed by atoms with E-state index in [2.05, 4.69) is 20.5 Å². The molecule has 7 heteroatoms. The number of amides is 1. The van der Waals surface area contributed by atoms with Crippen LogP contribution >= 0.6 is 0 Å². The first kappa shape index (κ1) is 15.6. The van der Waals surface area contributed by atoms with Crippen LogP contribution in [0.3, 0.4) is 0 Å². The van der Waals surface area contributed by atoms with E-state index in [4.69, 9.17) is 0 Å². The van der Waals surface area contributed by atoms with Crippen LogP contribution in [0.25, 0.3) is 0 Å². The third-order valence-corrected chi connectivity index (χ3v) is 4.64. The highest BCUT2D eigenvalue weighted by molar-refractivity contribution is 5.92. The number of hydrogen-bond donors (Lipinski definition) is 1. The molecule has 0 saturated heterocycles. The highest BCUT2D eigenvalue weighted by atomic mass is 19.1. The van der Waals surface area contributed by atoms with E-state index in [9.17, 15) is 13.6 Å². The summed E-state index contributed by atoms with van der Waals surface area (Å²) in [5.74, 6) is -1.46. The van der Waals surface area contributed by atoms with Crippen molar-refractivity contribution in [3.8, 4) is 0 Å². The van der Waals surface area contributed by atoms with Crippen molar-refractivity contribution in [3.63, 3.8) is 0 Å². The zero-order valence-electron chi connectivity index (χ0n) is 13.1. The van der Waals surface area contributed by atoms with Gasteiger partial charge in [0.05, 0.1) is 5.41 Å². The van der Waals surface area contributed by atoms with Gasteiger partial charge < -0.3 is 5.32 Å². The molecule has 0 spiro atoms. The molecule has 5 nitrogen and oxygen atoms in total. The van der Waals surface area contributed by atoms with Crippen LogP contribution in [0.5, 0.6) is 0 Å². The summed E-state index contributed by atoms with van der Waals surface area (Å²) in [7, 11) is 0. The molecule has 1 aliphatic heterocycles. The molecule has 1 fully saturated rings. The Bertz CT molecular complexity index is 893. The summed E-state index contributed by atoms with van der Waals surface area (Å²) in [5.41, 5.74) is -1.46. The van der Waals surface area contributed by atoms with Crippen LogP contribution < -0.4 is 5.32 Å². The average molecular weight is 340 g/mol. The van der Waals surface area contributed by atoms with Crippen molar-refractivity contribution >= 4 is 5.91 Å². The number of nitrogens with zero attached hydrogens (tertiary/aromatic N) is 3. The Kier molecular flexibility index (Phi) is 3.45. The van der Waals surface area contributed by atoms with Gasteiger partial charge in [-0.05, 0) is 31.1 Å². The SMILES string of the molecule is O=C(NC1(c2ccnc(F)c2)C=CN=N1)C1(c2ccccc2F)CC1. The van der Waals surface area contributed by atoms with Crippen LogP contribution in [-0.2, 0) is 15.9 Å². The second-order valence-corrected chi connectivity index (χ2v) is 6.18. The number of hydrogen-bond acceptors (Lipinski definition) is 4. The van der Waals surface area contributed by atoms with Gasteiger partial charge in [-0.3, -0.25) is 4.79 Å². The number of carbonyl (C=O) groups excluding carboxylic acids is 1. The summed E-state index contributed by atoms with van der Waals surface area (Å²) < 4.78 is 27.7. The number of pyridine rings is 1. The highest BCUT2D eigenvalue weighted by Gasteiger charge is 2.54. The molecule has 1 unspecified atom stereocenters. The van der Waals surface area contributed by atoms with Crippen LogP contribution in [0.15, 0.2) is 65.1 Å². The van der Waals surface area contributed by atoms with E-state index in [0.717, 1.165) is 0 Å². The minimum Gasteiger partial charge on any atom is -0.322 e. The molecular weight excluding hydrogens is 326 g/mol. The van der Waals surface area contributed by atoms with E-state index in [0.29, 0.717) is 24.0 Å². The molecule has 1 aromatic heterocycles. The number of benzene rings is 1. The summed E-state index contributed by atoms with van der Waals surface area (Å²) >= 11 is 0. The zero-order chi connectivity index (χ0) is 17.5. The first-order chi connectivity index (χ1) is 12.1. The molecule has 0 radical (unpaired) electrons. The molecule has 1 amide bonds. The monoisotopic (exact) mass is 340 g/mol. The predicted molar refractivity (Wildman–Crippen MR) is 85.3 cm³/mol. The predicted octanol–water partition coefficient (Wildman–Crippen LogP) is 3.34. The molecule has 2 heterocycles. The molecule has 4 rings (SSSR count). The number of carbonyl (C=O) groups is 1. The van der Waals surface area contributed by atoms with Crippen molar-refractivity contribution in [1.82, 2.24) is 10.3 Å². The Balaban J connectivity index is 1.68. The van der Waals surface area contributed by atoms with Crippen LogP contribution in [0.1, 0.15) is 24.0 Å². The molecule has 1 aromatic carbocycles. The van der Waals surface area contributed by atoms with Crippen molar-refractivity contribution in [2.75, 3.05) is 0 Å². The molecular formula is C18H14F2N4O. The van der Waals surface area contributed by atoms with Crippen LogP contribution in [0, 0.1) is 11.8 Å². The summed E-state index contributed by atoms with van der Waals surface area (Å²) in [6, 6.07) is 8.99. The van der Waals surface area contributed by atoms with Gasteiger partial charge in [-0.25, -0.2) is 9.37 Å². The molecule has 2 aliphatic rings. The van der Waals surface area contributed by atoms with Crippen LogP contribution in [-0.4, -0.2) is 10.9 Å². The van der Waals surface area contributed by atoms with Gasteiger partial charge >= 0.3 is 0 Å². The second-order valence-electron chi connectivity index (χ2n) is 6.18. The zero-order valence-corrected chi connectivity index (χ0v) is 13.1. The van der Waals surface area contributed by atoms with E-state index in [1.165, 1.54) is 24.5 Å². The fourth-order valence-electron chi connectivity index (χ4n) is 3.12. The first-order valence-corrected chi connectivity index (χ1v) is 7.85. The minimum atomic E-state index is -1.30. The molecule has 1 N–H and O–H groups in total. The minimum absolute atomic E-state index is 0.361. The lowest BCUT2D eigenvalue weighted by Gasteiger charge is -2.27. The smallest absolute Gasteiger partial charge is 0.233 e. The summed E-state index contributed by atoms with van der Waals surface area (Å²) in [6.45, 7) is 0. The normalized spacial score (nSPS) is 22.8. The molecule has 0 bridgehead atoms. The highest BCUT2D eigenvalue weighted by Crippen LogP contribution is 2.50. The molecule has 1 saturated carbocycles. The van der Waals surface area contributed by atoms with Crippen molar-refractivity contribution in [2.45, 2.75) is 23.9 Å². The summed E-state index contributed by atoms with van der Waals surface area (Å²) in [6.07, 6.45) is 5.38. The molecule has 2 aromatic rings. The Morgan fingerprint density at radius 1 is 1.16 bits per heavy atom. The molecule has 126 valence electrons. The van der Waals surface area contributed by atoms with Gasteiger partial charge in [0, 0.05) is 29.6 Å². The van der Waals surface area contributed by atoms with Crippen LogP contribution in [0.2, 0.25) is 0 Å². The van der Waals surface area contributed by atoms with E-state index in [-0.39, 0.29) is 5.91 Å². The lowest BCUT2D eigenvalue weighted by Crippen LogP contribution is -2.47. The third kappa shape index (κ3) is 2.52. The van der Waals surface area contributed by atoms with Gasteiger partial charge in [-0.1, -0.05) is 18.2 Å². The number of rotatable bonds is 4. The molecule has 1 atom stereocenters. The maximum atomic E-state index is 14.2. The number of nitrogens with one attached hydrogen (secondary N) is 1. The lowest BCUT2D eigenvalue weighted by molar-refractivity contribution is -0.125. The van der Waals surface area contributed by atoms with Gasteiger partial charge in [0.2, 0.25) is 11.9 Å². The molecule has 25 heavy (non-hydrogen) atoms. The van der Waals surface area contributed by atoms with E-state index in [1.807, 2.05) is 0 Å². The lowest BCUT2D eigenvalue weighted by atomic mass is 9.92. The Labute approximate surface area is 142 Å². The maximum absolute atomic E-state index is 14.2. The maximum Gasteiger partial charge on any atom is 0.233 e. The quantitative estimate of drug-likeness (QED) is 0.868. The van der Waals surface area contributed by atoms with E-state index < -0.39 is 22.8 Å². The second kappa shape index (κ2) is 5.54. The van der Waals surface area contributed by atoms with Crippen molar-refractivity contribution in [3.05, 3.63) is 77.8 Å². The van der Waals surface area contributed by atoms with Gasteiger partial charge in [0.25, 0.3) is 0 Å². The fourth-order valence-corrected chi connectivity index (χ4v) is 3.12.